The van der Waals surface area contributed by atoms with Gasteiger partial charge in [-0.1, -0.05) is 18.2 Å². The molecule has 2 N–H and O–H groups in total. The Morgan fingerprint density at radius 2 is 1.83 bits per heavy atom. The van der Waals surface area contributed by atoms with Crippen molar-refractivity contribution in [1.29, 1.82) is 0 Å². The largest absolute Gasteiger partial charge is 0.426 e. The van der Waals surface area contributed by atoms with E-state index in [4.69, 9.17) is 0 Å². The number of alkyl halides is 3. The number of aliphatic hydroxyl groups is 1. The molecule has 136 valence electrons. The second-order valence-electron chi connectivity index (χ2n) is 4.87. The number of carbonyl (C=O) groups is 1. The van der Waals surface area contributed by atoms with Gasteiger partial charge in [-0.25, -0.2) is 0 Å². The van der Waals surface area contributed by atoms with E-state index in [1.807, 2.05) is 4.72 Å². The quantitative estimate of drug-likeness (QED) is 0.693. The molecule has 1 atom stereocenters. The average molecular weight is 370 g/mol. The Bertz CT molecular complexity index is 662. The van der Waals surface area contributed by atoms with Gasteiger partial charge in [0.2, 0.25) is 5.60 Å². The molecular weight excluding hydrogens is 353 g/mol. The second-order valence-corrected chi connectivity index (χ2v) is 6.47. The minimum atomic E-state index is -5.36. The standard InChI is InChI=1S/C13H17F3N2O5S/c1-12(20,13(14,15)16)11(19)18(10-6-4-3-5-7-10)24(21,22)17-8-9-23-2/h3-7,17,20H,8-9H2,1-2H3. The molecule has 0 radical (unpaired) electrons. The Balaban J connectivity index is 3.33. The van der Waals surface area contributed by atoms with Crippen LogP contribution in [0.15, 0.2) is 30.3 Å². The van der Waals surface area contributed by atoms with Gasteiger partial charge in [-0.05, 0) is 19.1 Å². The molecule has 1 rings (SSSR count). The zero-order valence-electron chi connectivity index (χ0n) is 12.9. The molecule has 0 aliphatic rings. The number of ether oxygens (including phenoxy) is 1. The van der Waals surface area contributed by atoms with Crippen molar-refractivity contribution in [2.24, 2.45) is 0 Å². The molecule has 0 aromatic heterocycles. The maximum absolute atomic E-state index is 12.9. The number of carbonyl (C=O) groups excluding carboxylic acids is 1. The number of amides is 1. The van der Waals surface area contributed by atoms with Gasteiger partial charge in [0.15, 0.2) is 0 Å². The van der Waals surface area contributed by atoms with Gasteiger partial charge in [0.05, 0.1) is 12.3 Å². The summed E-state index contributed by atoms with van der Waals surface area (Å²) in [5.41, 5.74) is -4.24. The third kappa shape index (κ3) is 4.44. The van der Waals surface area contributed by atoms with Gasteiger partial charge in [-0.15, -0.1) is 0 Å². The van der Waals surface area contributed by atoms with Crippen molar-refractivity contribution < 1.29 is 36.2 Å². The molecule has 1 unspecified atom stereocenters. The van der Waals surface area contributed by atoms with E-state index in [0.717, 1.165) is 12.1 Å². The van der Waals surface area contributed by atoms with Gasteiger partial charge in [-0.3, -0.25) is 4.79 Å². The lowest BCUT2D eigenvalue weighted by molar-refractivity contribution is -0.243. The van der Waals surface area contributed by atoms with E-state index in [1.165, 1.54) is 25.3 Å². The molecule has 7 nitrogen and oxygen atoms in total. The van der Waals surface area contributed by atoms with Crippen molar-refractivity contribution in [3.63, 3.8) is 0 Å². The van der Waals surface area contributed by atoms with Crippen molar-refractivity contribution in [3.8, 4) is 0 Å². The first-order chi connectivity index (χ1) is 10.9. The lowest BCUT2D eigenvalue weighted by Gasteiger charge is -2.31. The SMILES string of the molecule is COCCNS(=O)(=O)N(C(=O)C(C)(O)C(F)(F)F)c1ccccc1. The van der Waals surface area contributed by atoms with Gasteiger partial charge in [0.1, 0.15) is 0 Å². The van der Waals surface area contributed by atoms with Crippen LogP contribution >= 0.6 is 0 Å². The smallest absolute Gasteiger partial charge is 0.383 e. The van der Waals surface area contributed by atoms with Crippen molar-refractivity contribution >= 4 is 21.8 Å². The fraction of sp³-hybridized carbons (Fsp3) is 0.462. The van der Waals surface area contributed by atoms with Crippen LogP contribution in [0.5, 0.6) is 0 Å². The highest BCUT2D eigenvalue weighted by Crippen LogP contribution is 2.33. The van der Waals surface area contributed by atoms with Gasteiger partial charge in [-0.2, -0.15) is 30.6 Å². The van der Waals surface area contributed by atoms with Crippen LogP contribution in [0.3, 0.4) is 0 Å². The summed E-state index contributed by atoms with van der Waals surface area (Å²) < 4.78 is 69.8. The molecule has 0 aliphatic carbocycles. The van der Waals surface area contributed by atoms with E-state index in [-0.39, 0.29) is 30.1 Å². The Labute approximate surface area is 137 Å². The molecule has 11 heteroatoms. The summed E-state index contributed by atoms with van der Waals surface area (Å²) in [5.74, 6) is -2.05. The summed E-state index contributed by atoms with van der Waals surface area (Å²) in [6.07, 6.45) is -5.36. The molecule has 0 fully saturated rings. The zero-order chi connectivity index (χ0) is 18.6. The number of halogens is 3. The highest BCUT2D eigenvalue weighted by molar-refractivity contribution is 7.91. The normalized spacial score (nSPS) is 14.9. The van der Waals surface area contributed by atoms with Crippen LogP contribution in [-0.2, 0) is 19.7 Å². The van der Waals surface area contributed by atoms with E-state index < -0.39 is 27.9 Å². The molecule has 0 aliphatic heterocycles. The molecule has 0 spiro atoms. The van der Waals surface area contributed by atoms with Crippen LogP contribution in [0.1, 0.15) is 6.92 Å². The summed E-state index contributed by atoms with van der Waals surface area (Å²) in [6, 6.07) is 6.41. The van der Waals surface area contributed by atoms with Crippen LogP contribution in [0.25, 0.3) is 0 Å². The van der Waals surface area contributed by atoms with E-state index in [2.05, 4.69) is 4.74 Å². The minimum Gasteiger partial charge on any atom is -0.383 e. The number of nitrogens with zero attached hydrogens (tertiary/aromatic N) is 1. The van der Waals surface area contributed by atoms with Crippen molar-refractivity contribution in [2.75, 3.05) is 24.6 Å². The third-order valence-corrected chi connectivity index (χ3v) is 4.40. The second kappa shape index (κ2) is 7.47. The topological polar surface area (TPSA) is 95.9 Å². The lowest BCUT2D eigenvalue weighted by Crippen LogP contribution is -2.59. The summed E-state index contributed by atoms with van der Waals surface area (Å²) in [7, 11) is -3.40. The summed E-state index contributed by atoms with van der Waals surface area (Å²) in [4.78, 5) is 12.2. The summed E-state index contributed by atoms with van der Waals surface area (Å²) in [5, 5.41) is 9.55. The first kappa shape index (κ1) is 20.4. The first-order valence-electron chi connectivity index (χ1n) is 6.62. The van der Waals surface area contributed by atoms with Crippen molar-refractivity contribution in [2.45, 2.75) is 18.7 Å². The maximum Gasteiger partial charge on any atom is 0.426 e. The van der Waals surface area contributed by atoms with Crippen LogP contribution in [-0.4, -0.2) is 51.5 Å². The van der Waals surface area contributed by atoms with Gasteiger partial charge >= 0.3 is 16.4 Å². The molecule has 0 bridgehead atoms. The minimum absolute atomic E-state index is 0.0638. The van der Waals surface area contributed by atoms with Crippen LogP contribution in [0, 0.1) is 0 Å². The Morgan fingerprint density at radius 3 is 2.29 bits per heavy atom. The van der Waals surface area contributed by atoms with Gasteiger partial charge in [0, 0.05) is 13.7 Å². The van der Waals surface area contributed by atoms with Gasteiger partial charge < -0.3 is 9.84 Å². The molecular formula is C13H17F3N2O5S. The van der Waals surface area contributed by atoms with Crippen molar-refractivity contribution in [1.82, 2.24) is 4.72 Å². The van der Waals surface area contributed by atoms with Crippen LogP contribution in [0.4, 0.5) is 18.9 Å². The highest BCUT2D eigenvalue weighted by atomic mass is 32.2. The monoisotopic (exact) mass is 370 g/mol. The average Bonchev–Trinajstić information content (AvgIpc) is 2.47. The van der Waals surface area contributed by atoms with E-state index >= 15 is 0 Å². The highest BCUT2D eigenvalue weighted by Gasteiger charge is 2.59. The van der Waals surface area contributed by atoms with E-state index in [0.29, 0.717) is 0 Å². The Morgan fingerprint density at radius 1 is 1.29 bits per heavy atom. The van der Waals surface area contributed by atoms with Crippen molar-refractivity contribution in [3.05, 3.63) is 30.3 Å². The maximum atomic E-state index is 12.9. The number of para-hydroxylation sites is 1. The van der Waals surface area contributed by atoms with E-state index in [1.54, 1.807) is 0 Å². The number of hydrogen-bond acceptors (Lipinski definition) is 5. The van der Waals surface area contributed by atoms with E-state index in [9.17, 15) is 31.5 Å². The third-order valence-electron chi connectivity index (χ3n) is 2.97. The molecule has 1 amide bonds. The predicted molar refractivity (Wildman–Crippen MR) is 79.4 cm³/mol. The molecule has 24 heavy (non-hydrogen) atoms. The van der Waals surface area contributed by atoms with Crippen LogP contribution < -0.4 is 9.03 Å². The summed E-state index contributed by atoms with van der Waals surface area (Å²) in [6.45, 7) is -0.148. The Kier molecular flexibility index (Phi) is 6.33. The molecule has 0 saturated heterocycles. The van der Waals surface area contributed by atoms with Gasteiger partial charge in [0.25, 0.3) is 5.91 Å². The summed E-state index contributed by atoms with van der Waals surface area (Å²) >= 11 is 0. The predicted octanol–water partition coefficient (Wildman–Crippen LogP) is 0.814. The fourth-order valence-electron chi connectivity index (χ4n) is 1.58. The molecule has 0 heterocycles. The number of nitrogens with one attached hydrogen (secondary N) is 1. The number of methoxy groups -OCH3 is 1. The number of rotatable bonds is 7. The molecule has 0 saturated carbocycles. The number of hydrogen-bond donors (Lipinski definition) is 2. The number of anilines is 1. The fourth-order valence-corrected chi connectivity index (χ4v) is 2.85. The van der Waals surface area contributed by atoms with Crippen LogP contribution in [0.2, 0.25) is 0 Å². The molecule has 1 aromatic carbocycles. The number of benzene rings is 1. The molecule has 1 aromatic rings. The zero-order valence-corrected chi connectivity index (χ0v) is 13.7. The lowest BCUT2D eigenvalue weighted by atomic mass is 10.1. The Hall–Kier alpha value is -1.69. The first-order valence-corrected chi connectivity index (χ1v) is 8.06.